The van der Waals surface area contributed by atoms with Crippen molar-refractivity contribution in [3.05, 3.63) is 36.5 Å². The molecule has 23 heavy (non-hydrogen) atoms. The van der Waals surface area contributed by atoms with Crippen molar-refractivity contribution in [1.82, 2.24) is 4.90 Å². The molecular weight excluding hydrogens is 290 g/mol. The number of amides is 1. The Bertz CT molecular complexity index is 405. The summed E-state index contributed by atoms with van der Waals surface area (Å²) in [6.45, 7) is 19.6. The highest BCUT2D eigenvalue weighted by atomic mass is 16.6. The van der Waals surface area contributed by atoms with Crippen LogP contribution in [0.1, 0.15) is 48.0 Å². The van der Waals surface area contributed by atoms with E-state index < -0.39 is 5.60 Å². The Morgan fingerprint density at radius 3 is 2.00 bits per heavy atom. The number of ether oxygens (including phenoxy) is 2. The molecule has 0 aromatic carbocycles. The molecule has 4 heteroatoms. The van der Waals surface area contributed by atoms with Crippen LogP contribution < -0.4 is 0 Å². The molecule has 0 N–H and O–H groups in total. The van der Waals surface area contributed by atoms with E-state index in [9.17, 15) is 4.79 Å². The number of methoxy groups -OCH3 is 1. The fourth-order valence-corrected chi connectivity index (χ4v) is 1.63. The second kappa shape index (κ2) is 11.9. The average Bonchev–Trinajstić information content (AvgIpc) is 2.45. The number of hydrogen-bond acceptors (Lipinski definition) is 3. The summed E-state index contributed by atoms with van der Waals surface area (Å²) in [4.78, 5) is 13.4. The van der Waals surface area contributed by atoms with Crippen LogP contribution in [-0.2, 0) is 9.47 Å². The van der Waals surface area contributed by atoms with E-state index in [1.165, 1.54) is 11.3 Å². The van der Waals surface area contributed by atoms with Gasteiger partial charge in [-0.05, 0) is 38.8 Å². The van der Waals surface area contributed by atoms with Crippen molar-refractivity contribution in [2.24, 2.45) is 0 Å². The fraction of sp³-hybridized carbons (Fsp3) is 0.632. The molecule has 0 radical (unpaired) electrons. The lowest BCUT2D eigenvalue weighted by molar-refractivity contribution is 0.0195. The van der Waals surface area contributed by atoms with E-state index in [2.05, 4.69) is 27.0 Å². The first-order valence-electron chi connectivity index (χ1n) is 8.00. The normalized spacial score (nSPS) is 13.0. The number of carbonyl (C=O) groups excluding carboxylic acids is 1. The van der Waals surface area contributed by atoms with Crippen molar-refractivity contribution in [1.29, 1.82) is 0 Å². The largest absolute Gasteiger partial charge is 0.444 e. The molecule has 1 amide bonds. The highest BCUT2D eigenvalue weighted by Crippen LogP contribution is 2.16. The standard InChI is InChI=1S/C16H27NO3.C3H8/c1-9-12(3)13(10-2)14(19-8)11-17(7)15(18)20-16(4,5)6;1-3-2/h9-10,14H,1-2,11H2,3-8H3;3H2,1-2H3/b13-12+;. The predicted octanol–water partition coefficient (Wildman–Crippen LogP) is 4.97. The van der Waals surface area contributed by atoms with E-state index in [4.69, 9.17) is 9.47 Å². The third-order valence-electron chi connectivity index (χ3n) is 2.76. The Morgan fingerprint density at radius 2 is 1.70 bits per heavy atom. The lowest BCUT2D eigenvalue weighted by atomic mass is 10.0. The molecule has 4 nitrogen and oxygen atoms in total. The molecule has 0 heterocycles. The lowest BCUT2D eigenvalue weighted by Crippen LogP contribution is -2.39. The first-order valence-corrected chi connectivity index (χ1v) is 8.00. The second-order valence-electron chi connectivity index (χ2n) is 6.34. The Hall–Kier alpha value is -1.55. The highest BCUT2D eigenvalue weighted by molar-refractivity contribution is 5.67. The maximum absolute atomic E-state index is 11.9. The second-order valence-corrected chi connectivity index (χ2v) is 6.34. The number of rotatable bonds is 6. The van der Waals surface area contributed by atoms with Gasteiger partial charge in [-0.25, -0.2) is 4.79 Å². The van der Waals surface area contributed by atoms with Gasteiger partial charge in [-0.2, -0.15) is 0 Å². The third kappa shape index (κ3) is 10.7. The smallest absolute Gasteiger partial charge is 0.410 e. The summed E-state index contributed by atoms with van der Waals surface area (Å²) in [6, 6.07) is 0. The summed E-state index contributed by atoms with van der Waals surface area (Å²) in [7, 11) is 3.29. The van der Waals surface area contributed by atoms with E-state index in [0.29, 0.717) is 6.54 Å². The molecule has 1 atom stereocenters. The lowest BCUT2D eigenvalue weighted by Gasteiger charge is -2.28. The van der Waals surface area contributed by atoms with Gasteiger partial charge in [-0.3, -0.25) is 0 Å². The maximum atomic E-state index is 11.9. The molecule has 0 rings (SSSR count). The highest BCUT2D eigenvalue weighted by Gasteiger charge is 2.23. The molecular formula is C19H35NO3. The summed E-state index contributed by atoms with van der Waals surface area (Å²) >= 11 is 0. The monoisotopic (exact) mass is 325 g/mol. The molecule has 1 unspecified atom stereocenters. The Kier molecular flexibility index (Phi) is 12.3. The van der Waals surface area contributed by atoms with Gasteiger partial charge >= 0.3 is 6.09 Å². The van der Waals surface area contributed by atoms with Crippen molar-refractivity contribution in [3.8, 4) is 0 Å². The summed E-state index contributed by atoms with van der Waals surface area (Å²) in [5.41, 5.74) is 1.38. The van der Waals surface area contributed by atoms with Crippen LogP contribution in [-0.4, -0.2) is 43.4 Å². The van der Waals surface area contributed by atoms with Crippen LogP contribution in [0.25, 0.3) is 0 Å². The van der Waals surface area contributed by atoms with Gasteiger partial charge in [0.2, 0.25) is 0 Å². The van der Waals surface area contributed by atoms with Crippen LogP contribution in [0, 0.1) is 0 Å². The van der Waals surface area contributed by atoms with E-state index in [0.717, 1.165) is 11.1 Å². The van der Waals surface area contributed by atoms with Gasteiger partial charge in [-0.1, -0.05) is 45.6 Å². The van der Waals surface area contributed by atoms with E-state index in [-0.39, 0.29) is 12.2 Å². The Morgan fingerprint density at radius 1 is 1.22 bits per heavy atom. The van der Waals surface area contributed by atoms with Gasteiger partial charge < -0.3 is 14.4 Å². The summed E-state index contributed by atoms with van der Waals surface area (Å²) in [5, 5.41) is 0. The molecule has 0 aromatic heterocycles. The van der Waals surface area contributed by atoms with Gasteiger partial charge in [0.15, 0.2) is 0 Å². The summed E-state index contributed by atoms with van der Waals surface area (Å²) < 4.78 is 10.8. The van der Waals surface area contributed by atoms with Crippen molar-refractivity contribution >= 4 is 6.09 Å². The zero-order chi connectivity index (χ0) is 18.6. The number of nitrogens with zero attached hydrogens (tertiary/aromatic N) is 1. The molecule has 0 spiro atoms. The average molecular weight is 325 g/mol. The number of likely N-dealkylation sites (N-methyl/N-ethyl adjacent to an activating group) is 1. The van der Waals surface area contributed by atoms with Gasteiger partial charge in [0.1, 0.15) is 5.60 Å². The molecule has 0 fully saturated rings. The molecule has 0 bridgehead atoms. The minimum atomic E-state index is -0.512. The van der Waals surface area contributed by atoms with Crippen LogP contribution in [0.5, 0.6) is 0 Å². The van der Waals surface area contributed by atoms with Crippen LogP contribution >= 0.6 is 0 Å². The van der Waals surface area contributed by atoms with Crippen molar-refractivity contribution in [2.75, 3.05) is 20.7 Å². The molecule has 134 valence electrons. The zero-order valence-corrected chi connectivity index (χ0v) is 16.2. The van der Waals surface area contributed by atoms with Gasteiger partial charge in [0.05, 0.1) is 12.6 Å². The quantitative estimate of drug-likeness (QED) is 0.647. The Labute approximate surface area is 142 Å². The van der Waals surface area contributed by atoms with Crippen molar-refractivity contribution in [3.63, 3.8) is 0 Å². The van der Waals surface area contributed by atoms with E-state index in [1.54, 1.807) is 26.3 Å². The minimum absolute atomic E-state index is 0.261. The number of carbonyl (C=O) groups is 1. The van der Waals surface area contributed by atoms with Gasteiger partial charge in [-0.15, -0.1) is 0 Å². The first-order chi connectivity index (χ1) is 10.6. The van der Waals surface area contributed by atoms with Crippen molar-refractivity contribution < 1.29 is 14.3 Å². The maximum Gasteiger partial charge on any atom is 0.410 e. The van der Waals surface area contributed by atoms with Crippen LogP contribution in [0.3, 0.4) is 0 Å². The molecule has 0 aliphatic rings. The minimum Gasteiger partial charge on any atom is -0.444 e. The molecule has 0 aliphatic carbocycles. The molecule has 0 aliphatic heterocycles. The summed E-state index contributed by atoms with van der Waals surface area (Å²) in [5.74, 6) is 0. The summed E-state index contributed by atoms with van der Waals surface area (Å²) in [6.07, 6.45) is 4.09. The van der Waals surface area contributed by atoms with Crippen LogP contribution in [0.4, 0.5) is 4.79 Å². The SMILES string of the molecule is C=C/C(C)=C(\C=C)C(CN(C)C(=O)OC(C)(C)C)OC.CCC. The first kappa shape index (κ1) is 23.7. The topological polar surface area (TPSA) is 38.8 Å². The van der Waals surface area contributed by atoms with E-state index in [1.807, 2.05) is 27.7 Å². The zero-order valence-electron chi connectivity index (χ0n) is 16.2. The molecule has 0 saturated heterocycles. The van der Waals surface area contributed by atoms with Gasteiger partial charge in [0, 0.05) is 14.2 Å². The van der Waals surface area contributed by atoms with Crippen molar-refractivity contribution in [2.45, 2.75) is 59.7 Å². The van der Waals surface area contributed by atoms with Crippen LogP contribution in [0.15, 0.2) is 36.5 Å². The fourth-order valence-electron chi connectivity index (χ4n) is 1.63. The van der Waals surface area contributed by atoms with Gasteiger partial charge in [0.25, 0.3) is 0 Å². The number of allylic oxidation sites excluding steroid dienone is 2. The molecule has 0 saturated carbocycles. The Balaban J connectivity index is 0. The van der Waals surface area contributed by atoms with E-state index >= 15 is 0 Å². The third-order valence-corrected chi connectivity index (χ3v) is 2.76. The van der Waals surface area contributed by atoms with Crippen LogP contribution in [0.2, 0.25) is 0 Å². The predicted molar refractivity (Wildman–Crippen MR) is 98.7 cm³/mol. The molecule has 0 aromatic rings. The number of hydrogen-bond donors (Lipinski definition) is 0.